The van der Waals surface area contributed by atoms with Gasteiger partial charge in [0.2, 0.25) is 5.91 Å². The lowest BCUT2D eigenvalue weighted by molar-refractivity contribution is -0.136. The summed E-state index contributed by atoms with van der Waals surface area (Å²) < 4.78 is 1.87. The van der Waals surface area contributed by atoms with E-state index in [1.54, 1.807) is 6.07 Å². The molecular formula is C22H34N4O2. The largest absolute Gasteiger partial charge is 0.339 e. The molecule has 0 bridgehead atoms. The number of nitrogens with zero attached hydrogens (tertiary/aromatic N) is 4. The quantitative estimate of drug-likeness (QED) is 0.800. The van der Waals surface area contributed by atoms with Gasteiger partial charge in [0, 0.05) is 44.1 Å². The van der Waals surface area contributed by atoms with Crippen LogP contribution in [-0.4, -0.2) is 57.5 Å². The number of carbonyl (C=O) groups is 1. The van der Waals surface area contributed by atoms with Crippen LogP contribution in [0.3, 0.4) is 0 Å². The molecule has 0 saturated carbocycles. The molecule has 3 aliphatic rings. The van der Waals surface area contributed by atoms with Crippen LogP contribution in [0.5, 0.6) is 0 Å². The van der Waals surface area contributed by atoms with E-state index < -0.39 is 0 Å². The molecule has 0 radical (unpaired) electrons. The summed E-state index contributed by atoms with van der Waals surface area (Å²) in [5.41, 5.74) is 1.04. The smallest absolute Gasteiger partial charge is 0.253 e. The lowest BCUT2D eigenvalue weighted by Crippen LogP contribution is -2.49. The van der Waals surface area contributed by atoms with E-state index in [0.29, 0.717) is 18.5 Å². The molecule has 0 spiro atoms. The minimum Gasteiger partial charge on any atom is -0.339 e. The summed E-state index contributed by atoms with van der Waals surface area (Å²) in [6, 6.07) is 2.09. The molecule has 6 nitrogen and oxygen atoms in total. The molecule has 3 aliphatic heterocycles. The molecule has 4 rings (SSSR count). The average Bonchev–Trinajstić information content (AvgIpc) is 2.99. The van der Waals surface area contributed by atoms with Crippen LogP contribution in [0.1, 0.15) is 69.8 Å². The number of aromatic nitrogens is 2. The van der Waals surface area contributed by atoms with Gasteiger partial charge in [-0.1, -0.05) is 13.3 Å². The fourth-order valence-electron chi connectivity index (χ4n) is 5.13. The van der Waals surface area contributed by atoms with E-state index in [1.165, 1.54) is 12.8 Å². The zero-order chi connectivity index (χ0) is 19.7. The highest BCUT2D eigenvalue weighted by atomic mass is 16.2. The summed E-state index contributed by atoms with van der Waals surface area (Å²) >= 11 is 0. The van der Waals surface area contributed by atoms with Gasteiger partial charge in [-0.3, -0.25) is 19.1 Å². The number of amides is 1. The van der Waals surface area contributed by atoms with E-state index in [1.807, 2.05) is 4.57 Å². The van der Waals surface area contributed by atoms with Crippen molar-refractivity contribution in [2.45, 2.75) is 77.3 Å². The number of fused-ring (bicyclic) bond motifs is 1. The Kier molecular flexibility index (Phi) is 5.85. The lowest BCUT2D eigenvalue weighted by Gasteiger charge is -2.38. The van der Waals surface area contributed by atoms with Crippen molar-refractivity contribution >= 4 is 5.91 Å². The predicted octanol–water partition coefficient (Wildman–Crippen LogP) is 2.41. The van der Waals surface area contributed by atoms with Crippen molar-refractivity contribution in [3.8, 4) is 0 Å². The molecule has 0 aliphatic carbocycles. The predicted molar refractivity (Wildman–Crippen MR) is 109 cm³/mol. The molecule has 1 aromatic rings. The SMILES string of the molecule is C[C@@H]1CCCN(C(=O)CN2CC[C@@H](c3cc(=O)n4c(n3)CCCCC4)C2)[C@@H]1C. The molecule has 2 saturated heterocycles. The molecule has 2 fully saturated rings. The van der Waals surface area contributed by atoms with Crippen LogP contribution in [0.4, 0.5) is 0 Å². The fourth-order valence-corrected chi connectivity index (χ4v) is 5.13. The van der Waals surface area contributed by atoms with Crippen LogP contribution in [-0.2, 0) is 17.8 Å². The molecule has 0 unspecified atom stereocenters. The van der Waals surface area contributed by atoms with Crippen molar-refractivity contribution in [1.29, 1.82) is 0 Å². The highest BCUT2D eigenvalue weighted by molar-refractivity contribution is 5.78. The molecule has 1 amide bonds. The highest BCUT2D eigenvalue weighted by Crippen LogP contribution is 2.27. The van der Waals surface area contributed by atoms with Crippen molar-refractivity contribution in [3.05, 3.63) is 27.9 Å². The van der Waals surface area contributed by atoms with Gasteiger partial charge in [0.1, 0.15) is 5.82 Å². The minimum absolute atomic E-state index is 0.104. The number of carbonyl (C=O) groups excluding carboxylic acids is 1. The van der Waals surface area contributed by atoms with Gasteiger partial charge in [-0.05, 0) is 51.5 Å². The van der Waals surface area contributed by atoms with E-state index in [0.717, 1.165) is 69.8 Å². The molecule has 6 heteroatoms. The maximum atomic E-state index is 12.9. The third kappa shape index (κ3) is 4.02. The van der Waals surface area contributed by atoms with E-state index in [2.05, 4.69) is 23.6 Å². The van der Waals surface area contributed by atoms with E-state index >= 15 is 0 Å². The van der Waals surface area contributed by atoms with Crippen molar-refractivity contribution in [1.82, 2.24) is 19.4 Å². The fraction of sp³-hybridized carbons (Fsp3) is 0.773. The van der Waals surface area contributed by atoms with Crippen molar-refractivity contribution in [2.24, 2.45) is 5.92 Å². The summed E-state index contributed by atoms with van der Waals surface area (Å²) in [7, 11) is 0. The van der Waals surface area contributed by atoms with Crippen LogP contribution in [0.15, 0.2) is 10.9 Å². The highest BCUT2D eigenvalue weighted by Gasteiger charge is 2.32. The average molecular weight is 387 g/mol. The normalized spacial score (nSPS) is 28.8. The lowest BCUT2D eigenvalue weighted by atomic mass is 9.92. The molecule has 3 atom stereocenters. The molecule has 0 N–H and O–H groups in total. The van der Waals surface area contributed by atoms with Gasteiger partial charge in [0.05, 0.1) is 12.2 Å². The number of hydrogen-bond acceptors (Lipinski definition) is 4. The standard InChI is InChI=1S/C22H34N4O2/c1-16-7-6-11-25(17(16)2)22(28)15-24-12-9-18(14-24)19-13-21(27)26-10-5-3-4-8-20(26)23-19/h13,16-18H,3-12,14-15H2,1-2H3/t16-,17-,18-/m1/s1. The van der Waals surface area contributed by atoms with Gasteiger partial charge < -0.3 is 4.90 Å². The summed E-state index contributed by atoms with van der Waals surface area (Å²) in [6.45, 7) is 8.37. The first-order valence-electron chi connectivity index (χ1n) is 11.2. The first-order valence-corrected chi connectivity index (χ1v) is 11.2. The number of aryl methyl sites for hydroxylation is 1. The Morgan fingerprint density at radius 1 is 1.11 bits per heavy atom. The number of rotatable bonds is 3. The van der Waals surface area contributed by atoms with Gasteiger partial charge in [-0.2, -0.15) is 0 Å². The third-order valence-corrected chi connectivity index (χ3v) is 7.13. The molecule has 4 heterocycles. The second-order valence-electron chi connectivity index (χ2n) is 9.07. The monoisotopic (exact) mass is 386 g/mol. The Labute approximate surface area is 167 Å². The second kappa shape index (κ2) is 8.36. The molecule has 0 aromatic carbocycles. The van der Waals surface area contributed by atoms with Crippen LogP contribution in [0.2, 0.25) is 0 Å². The molecule has 28 heavy (non-hydrogen) atoms. The Bertz CT molecular complexity index is 774. The molecule has 1 aromatic heterocycles. The van der Waals surface area contributed by atoms with Crippen LogP contribution in [0.25, 0.3) is 0 Å². The Hall–Kier alpha value is -1.69. The van der Waals surface area contributed by atoms with E-state index in [9.17, 15) is 9.59 Å². The van der Waals surface area contributed by atoms with Crippen LogP contribution < -0.4 is 5.56 Å². The molecule has 154 valence electrons. The van der Waals surface area contributed by atoms with Gasteiger partial charge in [-0.15, -0.1) is 0 Å². The van der Waals surface area contributed by atoms with Crippen LogP contribution >= 0.6 is 0 Å². The summed E-state index contributed by atoms with van der Waals surface area (Å²) in [5.74, 6) is 2.08. The zero-order valence-corrected chi connectivity index (χ0v) is 17.4. The third-order valence-electron chi connectivity index (χ3n) is 7.13. The Balaban J connectivity index is 1.40. The number of likely N-dealkylation sites (tertiary alicyclic amines) is 2. The van der Waals surface area contributed by atoms with Crippen molar-refractivity contribution in [3.63, 3.8) is 0 Å². The molecular weight excluding hydrogens is 352 g/mol. The van der Waals surface area contributed by atoms with E-state index in [4.69, 9.17) is 4.98 Å². The van der Waals surface area contributed by atoms with Gasteiger partial charge in [-0.25, -0.2) is 4.98 Å². The Morgan fingerprint density at radius 2 is 1.96 bits per heavy atom. The zero-order valence-electron chi connectivity index (χ0n) is 17.4. The summed E-state index contributed by atoms with van der Waals surface area (Å²) in [5, 5.41) is 0. The number of piperidine rings is 1. The maximum absolute atomic E-state index is 12.9. The Morgan fingerprint density at radius 3 is 2.82 bits per heavy atom. The van der Waals surface area contributed by atoms with Gasteiger partial charge >= 0.3 is 0 Å². The van der Waals surface area contributed by atoms with Crippen LogP contribution in [0, 0.1) is 5.92 Å². The van der Waals surface area contributed by atoms with Gasteiger partial charge in [0.25, 0.3) is 5.56 Å². The maximum Gasteiger partial charge on any atom is 0.253 e. The first-order chi connectivity index (χ1) is 13.5. The second-order valence-corrected chi connectivity index (χ2v) is 9.07. The minimum atomic E-state index is 0.104. The first kappa shape index (κ1) is 19.6. The topological polar surface area (TPSA) is 58.4 Å². The van der Waals surface area contributed by atoms with Crippen molar-refractivity contribution < 1.29 is 4.79 Å². The number of hydrogen-bond donors (Lipinski definition) is 0. The van der Waals surface area contributed by atoms with E-state index in [-0.39, 0.29) is 17.4 Å². The summed E-state index contributed by atoms with van der Waals surface area (Å²) in [4.78, 5) is 34.6. The van der Waals surface area contributed by atoms with Crippen molar-refractivity contribution in [2.75, 3.05) is 26.2 Å². The van der Waals surface area contributed by atoms with Gasteiger partial charge in [0.15, 0.2) is 0 Å². The summed E-state index contributed by atoms with van der Waals surface area (Å²) in [6.07, 6.45) is 7.58.